The molecule has 2 nitrogen and oxygen atoms in total. The van der Waals surface area contributed by atoms with Crippen molar-refractivity contribution in [2.24, 2.45) is 0 Å². The molecule has 0 amide bonds. The lowest BCUT2D eigenvalue weighted by atomic mass is 10.0. The number of rotatable bonds is 8. The first-order chi connectivity index (χ1) is 7.88. The SMILES string of the molecule is C=CCCCO[C@H]1CCCO[C@@H]1CCC=C. The fourth-order valence-corrected chi connectivity index (χ4v) is 2.02. The van der Waals surface area contributed by atoms with Gasteiger partial charge in [-0.15, -0.1) is 13.2 Å². The molecule has 0 spiro atoms. The summed E-state index contributed by atoms with van der Waals surface area (Å²) in [6, 6.07) is 0. The molecule has 0 aromatic carbocycles. The van der Waals surface area contributed by atoms with Crippen molar-refractivity contribution < 1.29 is 9.47 Å². The van der Waals surface area contributed by atoms with E-state index in [2.05, 4.69) is 13.2 Å². The molecule has 1 saturated heterocycles. The van der Waals surface area contributed by atoms with Gasteiger partial charge in [-0.3, -0.25) is 0 Å². The fraction of sp³-hybridized carbons (Fsp3) is 0.714. The fourth-order valence-electron chi connectivity index (χ4n) is 2.02. The Hall–Kier alpha value is -0.600. The van der Waals surface area contributed by atoms with Gasteiger partial charge in [-0.05, 0) is 38.5 Å². The number of allylic oxidation sites excluding steroid dienone is 2. The van der Waals surface area contributed by atoms with Gasteiger partial charge in [0, 0.05) is 13.2 Å². The Morgan fingerprint density at radius 2 is 2.06 bits per heavy atom. The van der Waals surface area contributed by atoms with Crippen LogP contribution in [0.4, 0.5) is 0 Å². The first kappa shape index (κ1) is 13.5. The van der Waals surface area contributed by atoms with Crippen molar-refractivity contribution in [3.8, 4) is 0 Å². The smallest absolute Gasteiger partial charge is 0.0839 e. The van der Waals surface area contributed by atoms with Gasteiger partial charge < -0.3 is 9.47 Å². The number of hydrogen-bond acceptors (Lipinski definition) is 2. The van der Waals surface area contributed by atoms with Gasteiger partial charge in [0.15, 0.2) is 0 Å². The Balaban J connectivity index is 2.23. The molecular formula is C14H24O2. The second kappa shape index (κ2) is 8.54. The number of unbranched alkanes of at least 4 members (excludes halogenated alkanes) is 1. The van der Waals surface area contributed by atoms with Gasteiger partial charge in [0.2, 0.25) is 0 Å². The van der Waals surface area contributed by atoms with Gasteiger partial charge in [-0.2, -0.15) is 0 Å². The summed E-state index contributed by atoms with van der Waals surface area (Å²) in [6.45, 7) is 9.17. The first-order valence-corrected chi connectivity index (χ1v) is 6.33. The average Bonchev–Trinajstić information content (AvgIpc) is 2.33. The maximum atomic E-state index is 5.89. The highest BCUT2D eigenvalue weighted by atomic mass is 16.5. The molecule has 0 saturated carbocycles. The molecule has 2 atom stereocenters. The summed E-state index contributed by atoms with van der Waals surface area (Å²) >= 11 is 0. The Bertz CT molecular complexity index is 201. The molecule has 0 aromatic heterocycles. The van der Waals surface area contributed by atoms with Crippen molar-refractivity contribution in [3.63, 3.8) is 0 Å². The third-order valence-electron chi connectivity index (χ3n) is 2.92. The van der Waals surface area contributed by atoms with Gasteiger partial charge in [-0.25, -0.2) is 0 Å². The summed E-state index contributed by atoms with van der Waals surface area (Å²) in [5.41, 5.74) is 0. The normalized spacial score (nSPS) is 25.2. The molecule has 1 rings (SSSR count). The molecular weight excluding hydrogens is 200 g/mol. The summed E-state index contributed by atoms with van der Waals surface area (Å²) in [4.78, 5) is 0. The van der Waals surface area contributed by atoms with E-state index < -0.39 is 0 Å². The first-order valence-electron chi connectivity index (χ1n) is 6.33. The van der Waals surface area contributed by atoms with E-state index in [0.29, 0.717) is 6.10 Å². The third kappa shape index (κ3) is 4.95. The zero-order chi connectivity index (χ0) is 11.6. The molecule has 2 heteroatoms. The monoisotopic (exact) mass is 224 g/mol. The van der Waals surface area contributed by atoms with Crippen LogP contribution in [0, 0.1) is 0 Å². The van der Waals surface area contributed by atoms with Gasteiger partial charge >= 0.3 is 0 Å². The third-order valence-corrected chi connectivity index (χ3v) is 2.92. The van der Waals surface area contributed by atoms with Crippen LogP contribution in [0.2, 0.25) is 0 Å². The predicted octanol–water partition coefficient (Wildman–Crippen LogP) is 3.48. The van der Waals surface area contributed by atoms with Gasteiger partial charge in [0.05, 0.1) is 12.2 Å². The summed E-state index contributed by atoms with van der Waals surface area (Å²) in [7, 11) is 0. The van der Waals surface area contributed by atoms with Crippen molar-refractivity contribution in [3.05, 3.63) is 25.3 Å². The quantitative estimate of drug-likeness (QED) is 0.464. The highest BCUT2D eigenvalue weighted by Gasteiger charge is 2.25. The van der Waals surface area contributed by atoms with Crippen molar-refractivity contribution in [1.29, 1.82) is 0 Å². The maximum absolute atomic E-state index is 5.89. The van der Waals surface area contributed by atoms with Crippen LogP contribution in [-0.4, -0.2) is 25.4 Å². The summed E-state index contributed by atoms with van der Waals surface area (Å²) in [5, 5.41) is 0. The highest BCUT2D eigenvalue weighted by Crippen LogP contribution is 2.21. The van der Waals surface area contributed by atoms with Crippen LogP contribution in [0.15, 0.2) is 25.3 Å². The molecule has 1 aliphatic heterocycles. The number of ether oxygens (including phenoxy) is 2. The minimum atomic E-state index is 0.274. The van der Waals surface area contributed by atoms with E-state index in [1.54, 1.807) is 0 Å². The number of hydrogen-bond donors (Lipinski definition) is 0. The van der Waals surface area contributed by atoms with Crippen LogP contribution in [-0.2, 0) is 9.47 Å². The van der Waals surface area contributed by atoms with E-state index in [1.165, 1.54) is 0 Å². The van der Waals surface area contributed by atoms with E-state index >= 15 is 0 Å². The van der Waals surface area contributed by atoms with Crippen LogP contribution >= 0.6 is 0 Å². The molecule has 16 heavy (non-hydrogen) atoms. The molecule has 1 aliphatic rings. The highest BCUT2D eigenvalue weighted by molar-refractivity contribution is 4.79. The second-order valence-electron chi connectivity index (χ2n) is 4.26. The molecule has 0 aliphatic carbocycles. The molecule has 1 heterocycles. The van der Waals surface area contributed by atoms with Gasteiger partial charge in [0.1, 0.15) is 0 Å². The average molecular weight is 224 g/mol. The molecule has 0 aromatic rings. The molecule has 92 valence electrons. The van der Waals surface area contributed by atoms with Crippen LogP contribution < -0.4 is 0 Å². The van der Waals surface area contributed by atoms with Gasteiger partial charge in [0.25, 0.3) is 0 Å². The van der Waals surface area contributed by atoms with E-state index in [1.807, 2.05) is 12.2 Å². The standard InChI is InChI=1S/C14H24O2/c1-3-5-7-11-15-14-10-8-12-16-13(14)9-6-4-2/h3-4,13-14H,1-2,5-12H2/t13-,14+/m1/s1. The summed E-state index contributed by atoms with van der Waals surface area (Å²) in [6.07, 6.45) is 10.9. The van der Waals surface area contributed by atoms with Crippen molar-refractivity contribution >= 4 is 0 Å². The Morgan fingerprint density at radius 1 is 1.25 bits per heavy atom. The lowest BCUT2D eigenvalue weighted by molar-refractivity contribution is -0.107. The van der Waals surface area contributed by atoms with Crippen LogP contribution in [0.1, 0.15) is 38.5 Å². The topological polar surface area (TPSA) is 18.5 Å². The maximum Gasteiger partial charge on any atom is 0.0839 e. The zero-order valence-electron chi connectivity index (χ0n) is 10.2. The lowest BCUT2D eigenvalue weighted by Gasteiger charge is -2.31. The van der Waals surface area contributed by atoms with Crippen LogP contribution in [0.25, 0.3) is 0 Å². The zero-order valence-corrected chi connectivity index (χ0v) is 10.2. The predicted molar refractivity (Wildman–Crippen MR) is 67.6 cm³/mol. The molecule has 0 unspecified atom stereocenters. The molecule has 0 N–H and O–H groups in total. The Labute approximate surface area is 99.3 Å². The molecule has 0 bridgehead atoms. The van der Waals surface area contributed by atoms with Crippen molar-refractivity contribution in [1.82, 2.24) is 0 Å². The Kier molecular flexibility index (Phi) is 7.19. The summed E-state index contributed by atoms with van der Waals surface area (Å²) in [5.74, 6) is 0. The Morgan fingerprint density at radius 3 is 2.81 bits per heavy atom. The van der Waals surface area contributed by atoms with Crippen LogP contribution in [0.3, 0.4) is 0 Å². The molecule has 0 radical (unpaired) electrons. The minimum absolute atomic E-state index is 0.274. The largest absolute Gasteiger partial charge is 0.376 e. The van der Waals surface area contributed by atoms with Crippen LogP contribution in [0.5, 0.6) is 0 Å². The summed E-state index contributed by atoms with van der Waals surface area (Å²) < 4.78 is 11.6. The van der Waals surface area contributed by atoms with E-state index in [-0.39, 0.29) is 6.10 Å². The van der Waals surface area contributed by atoms with Gasteiger partial charge in [-0.1, -0.05) is 12.2 Å². The van der Waals surface area contributed by atoms with Crippen molar-refractivity contribution in [2.45, 2.75) is 50.7 Å². The van der Waals surface area contributed by atoms with E-state index in [9.17, 15) is 0 Å². The van der Waals surface area contributed by atoms with E-state index in [4.69, 9.17) is 9.47 Å². The second-order valence-corrected chi connectivity index (χ2v) is 4.26. The lowest BCUT2D eigenvalue weighted by Crippen LogP contribution is -2.36. The minimum Gasteiger partial charge on any atom is -0.376 e. The van der Waals surface area contributed by atoms with E-state index in [0.717, 1.165) is 51.7 Å². The van der Waals surface area contributed by atoms with Crippen molar-refractivity contribution in [2.75, 3.05) is 13.2 Å². The molecule has 1 fully saturated rings.